The third-order valence-corrected chi connectivity index (χ3v) is 8.38. The molecule has 1 aliphatic carbocycles. The van der Waals surface area contributed by atoms with Gasteiger partial charge >= 0.3 is 5.97 Å². The van der Waals surface area contributed by atoms with Gasteiger partial charge in [0.2, 0.25) is 0 Å². The van der Waals surface area contributed by atoms with E-state index in [1.807, 2.05) is 61.7 Å². The van der Waals surface area contributed by atoms with Crippen molar-refractivity contribution in [3.63, 3.8) is 0 Å². The molecule has 0 N–H and O–H groups in total. The lowest BCUT2D eigenvalue weighted by molar-refractivity contribution is -0.153. The fourth-order valence-electron chi connectivity index (χ4n) is 6.73. The topological polar surface area (TPSA) is 59.1 Å². The largest absolute Gasteiger partial charge is 0.427 e. The number of esters is 1. The zero-order chi connectivity index (χ0) is 27.3. The molecule has 6 heteroatoms. The Bertz CT molecular complexity index is 1130. The van der Waals surface area contributed by atoms with Gasteiger partial charge in [0.1, 0.15) is 5.75 Å². The van der Waals surface area contributed by atoms with Crippen molar-refractivity contribution in [1.29, 1.82) is 0 Å². The maximum Gasteiger partial charge on any atom is 0.308 e. The molecule has 204 valence electrons. The molecule has 1 amide bonds. The highest BCUT2D eigenvalue weighted by Crippen LogP contribution is 2.54. The molecule has 1 heterocycles. The van der Waals surface area contributed by atoms with Crippen LogP contribution in [0.3, 0.4) is 0 Å². The van der Waals surface area contributed by atoms with E-state index in [-0.39, 0.29) is 23.3 Å². The summed E-state index contributed by atoms with van der Waals surface area (Å²) in [7, 11) is 1.82. The van der Waals surface area contributed by atoms with Crippen LogP contribution in [0.5, 0.6) is 5.75 Å². The number of likely N-dealkylation sites (tertiary alicyclic amines) is 1. The molecule has 38 heavy (non-hydrogen) atoms. The lowest BCUT2D eigenvalue weighted by Gasteiger charge is -2.60. The average molecular weight is 519 g/mol. The molecular weight excluding hydrogens is 476 g/mol. The van der Waals surface area contributed by atoms with Crippen LogP contribution in [0.25, 0.3) is 0 Å². The SMILES string of the molecule is C=CCN1CC[C@@]2(c3cccc(OC(C)=O)c3)C[C@H](N(CC(C)C)C(=O)c3ccccc3)CC[C@]2(OC)C1. The summed E-state index contributed by atoms with van der Waals surface area (Å²) in [5.74, 6) is 0.637. The van der Waals surface area contributed by atoms with Crippen LogP contribution in [-0.4, -0.2) is 66.6 Å². The van der Waals surface area contributed by atoms with Crippen LogP contribution in [0.4, 0.5) is 0 Å². The smallest absolute Gasteiger partial charge is 0.308 e. The quantitative estimate of drug-likeness (QED) is 0.250. The van der Waals surface area contributed by atoms with Gasteiger partial charge in [-0.3, -0.25) is 14.5 Å². The summed E-state index contributed by atoms with van der Waals surface area (Å²) in [5.41, 5.74) is 1.06. The van der Waals surface area contributed by atoms with Gasteiger partial charge in [-0.15, -0.1) is 6.58 Å². The first-order valence-electron chi connectivity index (χ1n) is 13.8. The molecule has 1 saturated carbocycles. The number of ether oxygens (including phenoxy) is 2. The lowest BCUT2D eigenvalue weighted by atomic mass is 9.55. The number of benzene rings is 2. The van der Waals surface area contributed by atoms with Gasteiger partial charge in [0.05, 0.1) is 5.60 Å². The van der Waals surface area contributed by atoms with Crippen molar-refractivity contribution >= 4 is 11.9 Å². The second-order valence-electron chi connectivity index (χ2n) is 11.3. The van der Waals surface area contributed by atoms with Gasteiger partial charge in [-0.05, 0) is 68.0 Å². The van der Waals surface area contributed by atoms with E-state index in [2.05, 4.69) is 36.3 Å². The number of piperidine rings is 1. The van der Waals surface area contributed by atoms with Crippen LogP contribution in [0.2, 0.25) is 0 Å². The summed E-state index contributed by atoms with van der Waals surface area (Å²) in [4.78, 5) is 30.1. The molecule has 0 radical (unpaired) electrons. The summed E-state index contributed by atoms with van der Waals surface area (Å²) in [6, 6.07) is 17.6. The van der Waals surface area contributed by atoms with Crippen molar-refractivity contribution < 1.29 is 19.1 Å². The summed E-state index contributed by atoms with van der Waals surface area (Å²) < 4.78 is 12.0. The van der Waals surface area contributed by atoms with Gasteiger partial charge in [-0.2, -0.15) is 0 Å². The fraction of sp³-hybridized carbons (Fsp3) is 0.500. The van der Waals surface area contributed by atoms with Crippen molar-refractivity contribution in [1.82, 2.24) is 9.80 Å². The Balaban J connectivity index is 1.78. The minimum atomic E-state index is -0.432. The zero-order valence-electron chi connectivity index (χ0n) is 23.3. The van der Waals surface area contributed by atoms with Crippen LogP contribution >= 0.6 is 0 Å². The molecule has 0 spiro atoms. The predicted octanol–water partition coefficient (Wildman–Crippen LogP) is 5.48. The number of rotatable bonds is 9. The van der Waals surface area contributed by atoms with E-state index in [4.69, 9.17) is 9.47 Å². The number of hydrogen-bond donors (Lipinski definition) is 0. The molecule has 2 aromatic carbocycles. The van der Waals surface area contributed by atoms with E-state index >= 15 is 0 Å². The van der Waals surface area contributed by atoms with Crippen LogP contribution in [-0.2, 0) is 14.9 Å². The van der Waals surface area contributed by atoms with Gasteiger partial charge in [0.25, 0.3) is 5.91 Å². The van der Waals surface area contributed by atoms with Crippen molar-refractivity contribution in [3.05, 3.63) is 78.4 Å². The zero-order valence-corrected chi connectivity index (χ0v) is 23.3. The Hall–Kier alpha value is -2.96. The lowest BCUT2D eigenvalue weighted by Crippen LogP contribution is -2.68. The van der Waals surface area contributed by atoms with Crippen LogP contribution in [0.1, 0.15) is 62.4 Å². The minimum absolute atomic E-state index is 0.0664. The van der Waals surface area contributed by atoms with E-state index in [1.165, 1.54) is 6.92 Å². The van der Waals surface area contributed by atoms with Crippen LogP contribution in [0, 0.1) is 5.92 Å². The van der Waals surface area contributed by atoms with Crippen molar-refractivity contribution in [3.8, 4) is 5.75 Å². The Morgan fingerprint density at radius 2 is 1.92 bits per heavy atom. The maximum atomic E-state index is 13.9. The number of carbonyl (C=O) groups is 2. The Labute approximate surface area is 227 Å². The summed E-state index contributed by atoms with van der Waals surface area (Å²) >= 11 is 0. The molecule has 3 atom stereocenters. The molecular formula is C32H42N2O4. The monoisotopic (exact) mass is 518 g/mol. The van der Waals surface area contributed by atoms with Crippen LogP contribution < -0.4 is 4.74 Å². The molecule has 1 saturated heterocycles. The van der Waals surface area contributed by atoms with Crippen LogP contribution in [0.15, 0.2) is 67.3 Å². The van der Waals surface area contributed by atoms with E-state index in [9.17, 15) is 9.59 Å². The maximum absolute atomic E-state index is 13.9. The number of fused-ring (bicyclic) bond motifs is 1. The Morgan fingerprint density at radius 3 is 2.58 bits per heavy atom. The number of carbonyl (C=O) groups excluding carboxylic acids is 2. The second-order valence-corrected chi connectivity index (χ2v) is 11.3. The number of nitrogens with zero attached hydrogens (tertiary/aromatic N) is 2. The highest BCUT2D eigenvalue weighted by molar-refractivity contribution is 5.94. The number of methoxy groups -OCH3 is 1. The molecule has 0 bridgehead atoms. The van der Waals surface area contributed by atoms with Gasteiger partial charge in [-0.25, -0.2) is 0 Å². The van der Waals surface area contributed by atoms with E-state index < -0.39 is 5.60 Å². The fourth-order valence-corrected chi connectivity index (χ4v) is 6.73. The summed E-state index contributed by atoms with van der Waals surface area (Å²) in [5, 5.41) is 0. The van der Waals surface area contributed by atoms with Gasteiger partial charge in [0, 0.05) is 50.7 Å². The minimum Gasteiger partial charge on any atom is -0.427 e. The van der Waals surface area contributed by atoms with E-state index in [1.54, 1.807) is 0 Å². The standard InChI is InChI=1S/C32H42N2O4/c1-6-18-33-19-17-31(27-13-10-14-29(20-27)38-25(4)35)21-28(15-16-32(31,23-33)37-5)34(22-24(2)3)30(36)26-11-8-7-9-12-26/h6-14,20,24,28H,1,15-19,21-23H2,2-5H3/t28-,31+,32+/m1/s1. The van der Waals surface area contributed by atoms with E-state index in [0.717, 1.165) is 56.4 Å². The molecule has 2 aliphatic rings. The normalized spacial score (nSPS) is 25.4. The highest BCUT2D eigenvalue weighted by atomic mass is 16.5. The average Bonchev–Trinajstić information content (AvgIpc) is 2.91. The van der Waals surface area contributed by atoms with Crippen molar-refractivity contribution in [2.24, 2.45) is 5.92 Å². The Morgan fingerprint density at radius 1 is 1.16 bits per heavy atom. The molecule has 2 fully saturated rings. The first kappa shape index (κ1) is 28.1. The summed E-state index contributed by atoms with van der Waals surface area (Å²) in [6.07, 6.45) is 5.32. The Kier molecular flexibility index (Phi) is 8.74. The third kappa shape index (κ3) is 5.57. The molecule has 0 unspecified atom stereocenters. The van der Waals surface area contributed by atoms with Crippen molar-refractivity contribution in [2.75, 3.05) is 33.3 Å². The molecule has 1 aliphatic heterocycles. The molecule has 4 rings (SSSR count). The first-order valence-corrected chi connectivity index (χ1v) is 13.8. The highest BCUT2D eigenvalue weighted by Gasteiger charge is 2.59. The molecule has 2 aromatic rings. The second kappa shape index (κ2) is 11.8. The van der Waals surface area contributed by atoms with E-state index in [0.29, 0.717) is 18.2 Å². The van der Waals surface area contributed by atoms with Gasteiger partial charge < -0.3 is 14.4 Å². The molecule has 6 nitrogen and oxygen atoms in total. The van der Waals surface area contributed by atoms with Gasteiger partial charge in [-0.1, -0.05) is 50.3 Å². The predicted molar refractivity (Wildman–Crippen MR) is 150 cm³/mol. The first-order chi connectivity index (χ1) is 18.2. The van der Waals surface area contributed by atoms with Crippen molar-refractivity contribution in [2.45, 2.75) is 63.5 Å². The number of amides is 1. The van der Waals surface area contributed by atoms with Gasteiger partial charge in [0.15, 0.2) is 0 Å². The molecule has 0 aromatic heterocycles. The number of hydrogen-bond acceptors (Lipinski definition) is 5. The third-order valence-electron chi connectivity index (χ3n) is 8.38. The summed E-state index contributed by atoms with van der Waals surface area (Å²) in [6.45, 7) is 12.9.